The smallest absolute Gasteiger partial charge is 0.387 e. The lowest BCUT2D eigenvalue weighted by molar-refractivity contribution is -0.0499. The molecule has 0 aromatic heterocycles. The number of nitrogens with one attached hydrogen (secondary N) is 1. The van der Waals surface area contributed by atoms with Crippen LogP contribution in [0.25, 0.3) is 0 Å². The molecule has 1 aromatic rings. The number of ether oxygens (including phenoxy) is 1. The first-order valence-electron chi connectivity index (χ1n) is 7.61. The van der Waals surface area contributed by atoms with Gasteiger partial charge >= 0.3 is 6.61 Å². The van der Waals surface area contributed by atoms with E-state index in [1.54, 1.807) is 18.2 Å². The van der Waals surface area contributed by atoms with Crippen molar-refractivity contribution in [3.8, 4) is 5.75 Å². The summed E-state index contributed by atoms with van der Waals surface area (Å²) in [7, 11) is 0. The first-order chi connectivity index (χ1) is 10.1. The molecule has 2 rings (SSSR count). The summed E-state index contributed by atoms with van der Waals surface area (Å²) in [5.74, 6) is 0.704. The van der Waals surface area contributed by atoms with Crippen LogP contribution in [-0.4, -0.2) is 37.7 Å². The van der Waals surface area contributed by atoms with Crippen molar-refractivity contribution in [2.75, 3.05) is 26.2 Å². The van der Waals surface area contributed by atoms with Crippen LogP contribution in [0.4, 0.5) is 8.78 Å². The molecule has 1 N–H and O–H groups in total. The maximum absolute atomic E-state index is 12.4. The Kier molecular flexibility index (Phi) is 10.7. The minimum absolute atomic E-state index is 0. The van der Waals surface area contributed by atoms with E-state index in [4.69, 9.17) is 0 Å². The minimum atomic E-state index is -2.78. The third-order valence-corrected chi connectivity index (χ3v) is 4.15. The Balaban J connectivity index is 0.00000242. The molecule has 1 heterocycles. The van der Waals surface area contributed by atoms with E-state index in [0.717, 1.165) is 38.2 Å². The summed E-state index contributed by atoms with van der Waals surface area (Å²) in [5, 5.41) is 3.35. The van der Waals surface area contributed by atoms with Gasteiger partial charge in [0.1, 0.15) is 5.75 Å². The van der Waals surface area contributed by atoms with Crippen molar-refractivity contribution in [2.45, 2.75) is 32.9 Å². The van der Waals surface area contributed by atoms with E-state index in [1.807, 2.05) is 6.07 Å². The largest absolute Gasteiger partial charge is 0.435 e. The van der Waals surface area contributed by atoms with E-state index in [0.29, 0.717) is 5.92 Å². The lowest BCUT2D eigenvalue weighted by atomic mass is 9.90. The number of halogens is 4. The van der Waals surface area contributed by atoms with Crippen molar-refractivity contribution >= 4 is 24.8 Å². The van der Waals surface area contributed by atoms with Crippen LogP contribution in [0, 0.1) is 5.92 Å². The van der Waals surface area contributed by atoms with E-state index >= 15 is 0 Å². The van der Waals surface area contributed by atoms with Gasteiger partial charge in [-0.2, -0.15) is 8.78 Å². The second kappa shape index (κ2) is 11.0. The van der Waals surface area contributed by atoms with Gasteiger partial charge in [-0.05, 0) is 23.6 Å². The van der Waals surface area contributed by atoms with Crippen LogP contribution < -0.4 is 10.1 Å². The summed E-state index contributed by atoms with van der Waals surface area (Å²) >= 11 is 0. The predicted octanol–water partition coefficient (Wildman–Crippen LogP) is 4.12. The Bertz CT molecular complexity index is 446. The van der Waals surface area contributed by atoms with E-state index in [-0.39, 0.29) is 36.6 Å². The van der Waals surface area contributed by atoms with Gasteiger partial charge in [0, 0.05) is 32.2 Å². The van der Waals surface area contributed by atoms with E-state index in [1.165, 1.54) is 0 Å². The number of alkyl halides is 2. The standard InChI is InChI=1S/C16H24F2N2O.2ClH/c1-3-12(2)15(20-9-7-19-8-10-20)13-5-4-6-14(11-13)21-16(17)18;;/h4-6,11-12,15-16,19H,3,7-10H2,1-2H3;2*1H/t12?,15-;;/m1../s1. The van der Waals surface area contributed by atoms with Crippen LogP contribution in [0.3, 0.4) is 0 Å². The highest BCUT2D eigenvalue weighted by molar-refractivity contribution is 5.85. The van der Waals surface area contributed by atoms with E-state index < -0.39 is 6.61 Å². The van der Waals surface area contributed by atoms with Gasteiger partial charge in [-0.3, -0.25) is 4.90 Å². The van der Waals surface area contributed by atoms with Gasteiger partial charge in [0.25, 0.3) is 0 Å². The van der Waals surface area contributed by atoms with E-state index in [9.17, 15) is 8.78 Å². The first kappa shape index (κ1) is 22.4. The maximum Gasteiger partial charge on any atom is 0.387 e. The Morgan fingerprint density at radius 3 is 2.43 bits per heavy atom. The number of piperazine rings is 1. The molecule has 23 heavy (non-hydrogen) atoms. The molecule has 3 nitrogen and oxygen atoms in total. The highest BCUT2D eigenvalue weighted by atomic mass is 35.5. The monoisotopic (exact) mass is 370 g/mol. The third-order valence-electron chi connectivity index (χ3n) is 4.15. The molecule has 1 saturated heterocycles. The van der Waals surface area contributed by atoms with Crippen molar-refractivity contribution in [2.24, 2.45) is 5.92 Å². The molecule has 1 aliphatic rings. The Labute approximate surface area is 149 Å². The summed E-state index contributed by atoms with van der Waals surface area (Å²) in [5.41, 5.74) is 1.06. The van der Waals surface area contributed by atoms with Gasteiger partial charge < -0.3 is 10.1 Å². The lowest BCUT2D eigenvalue weighted by Gasteiger charge is -2.38. The van der Waals surface area contributed by atoms with Crippen molar-refractivity contribution in [3.63, 3.8) is 0 Å². The summed E-state index contributed by atoms with van der Waals surface area (Å²) < 4.78 is 29.3. The lowest BCUT2D eigenvalue weighted by Crippen LogP contribution is -2.46. The summed E-state index contributed by atoms with van der Waals surface area (Å²) in [4.78, 5) is 2.44. The molecule has 0 amide bonds. The average molecular weight is 371 g/mol. The van der Waals surface area contributed by atoms with Crippen LogP contribution in [-0.2, 0) is 0 Å². The molecule has 0 radical (unpaired) electrons. The maximum atomic E-state index is 12.4. The highest BCUT2D eigenvalue weighted by Gasteiger charge is 2.26. The Morgan fingerprint density at radius 1 is 1.22 bits per heavy atom. The average Bonchev–Trinajstić information content (AvgIpc) is 2.48. The number of hydrogen-bond acceptors (Lipinski definition) is 3. The molecule has 1 fully saturated rings. The molecule has 7 heteroatoms. The minimum Gasteiger partial charge on any atom is -0.435 e. The normalized spacial score (nSPS) is 17.8. The number of benzene rings is 1. The highest BCUT2D eigenvalue weighted by Crippen LogP contribution is 2.33. The van der Waals surface area contributed by atoms with Crippen LogP contribution in [0.1, 0.15) is 31.9 Å². The topological polar surface area (TPSA) is 24.5 Å². The quantitative estimate of drug-likeness (QED) is 0.814. The molecule has 1 aromatic carbocycles. The van der Waals surface area contributed by atoms with Crippen molar-refractivity contribution in [3.05, 3.63) is 29.8 Å². The van der Waals surface area contributed by atoms with Gasteiger partial charge in [0.15, 0.2) is 0 Å². The Morgan fingerprint density at radius 2 is 1.87 bits per heavy atom. The molecule has 0 spiro atoms. The van der Waals surface area contributed by atoms with Gasteiger partial charge in [0.05, 0.1) is 0 Å². The number of hydrogen-bond donors (Lipinski definition) is 1. The second-order valence-electron chi connectivity index (χ2n) is 5.57. The number of rotatable bonds is 6. The molecule has 0 saturated carbocycles. The van der Waals surface area contributed by atoms with Crippen LogP contribution >= 0.6 is 24.8 Å². The van der Waals surface area contributed by atoms with Crippen molar-refractivity contribution in [1.29, 1.82) is 0 Å². The predicted molar refractivity (Wildman–Crippen MR) is 94.2 cm³/mol. The van der Waals surface area contributed by atoms with Crippen LogP contribution in [0.5, 0.6) is 5.75 Å². The Hall–Kier alpha value is -0.620. The van der Waals surface area contributed by atoms with E-state index in [2.05, 4.69) is 28.8 Å². The fraction of sp³-hybridized carbons (Fsp3) is 0.625. The molecule has 1 unspecified atom stereocenters. The summed E-state index contributed by atoms with van der Waals surface area (Å²) in [6.45, 7) is 5.51. The second-order valence-corrected chi connectivity index (χ2v) is 5.57. The van der Waals surface area contributed by atoms with Gasteiger partial charge in [-0.15, -0.1) is 24.8 Å². The van der Waals surface area contributed by atoms with Gasteiger partial charge in [-0.1, -0.05) is 32.4 Å². The summed E-state index contributed by atoms with van der Waals surface area (Å²) in [6, 6.07) is 7.40. The molecule has 0 aliphatic carbocycles. The zero-order chi connectivity index (χ0) is 15.2. The summed E-state index contributed by atoms with van der Waals surface area (Å²) in [6.07, 6.45) is 1.05. The first-order valence-corrected chi connectivity index (χ1v) is 7.61. The fourth-order valence-corrected chi connectivity index (χ4v) is 2.96. The molecular weight excluding hydrogens is 345 g/mol. The molecule has 134 valence electrons. The van der Waals surface area contributed by atoms with Crippen LogP contribution in [0.2, 0.25) is 0 Å². The van der Waals surface area contributed by atoms with Crippen molar-refractivity contribution < 1.29 is 13.5 Å². The van der Waals surface area contributed by atoms with Crippen LogP contribution in [0.15, 0.2) is 24.3 Å². The third kappa shape index (κ3) is 6.42. The number of nitrogens with zero attached hydrogens (tertiary/aromatic N) is 1. The SMILES string of the molecule is CCC(C)[C@H](c1cccc(OC(F)F)c1)N1CCNCC1.Cl.Cl. The van der Waals surface area contributed by atoms with Gasteiger partial charge in [0.2, 0.25) is 0 Å². The zero-order valence-corrected chi connectivity index (χ0v) is 15.1. The molecule has 1 aliphatic heterocycles. The molecule has 2 atom stereocenters. The van der Waals surface area contributed by atoms with Gasteiger partial charge in [-0.25, -0.2) is 0 Å². The molecular formula is C16H26Cl2F2N2O. The molecule has 0 bridgehead atoms. The van der Waals surface area contributed by atoms with Crippen molar-refractivity contribution in [1.82, 2.24) is 10.2 Å². The zero-order valence-electron chi connectivity index (χ0n) is 13.5. The fourth-order valence-electron chi connectivity index (χ4n) is 2.96.